The molecule has 2 aliphatic heterocycles. The zero-order chi connectivity index (χ0) is 11.4. The lowest BCUT2D eigenvalue weighted by molar-refractivity contribution is -0.125. The van der Waals surface area contributed by atoms with E-state index in [9.17, 15) is 4.79 Å². The predicted octanol–water partition coefficient (Wildman–Crippen LogP) is 0.385. The fraction of sp³-hybridized carbons (Fsp3) is 0.917. The molecule has 16 heavy (non-hydrogen) atoms. The molecule has 0 aromatic carbocycles. The summed E-state index contributed by atoms with van der Waals surface area (Å²) in [4.78, 5) is 11.9. The van der Waals surface area contributed by atoms with Gasteiger partial charge in [-0.25, -0.2) is 0 Å². The molecular formula is C12H22N2O2. The molecule has 2 rings (SSSR count). The van der Waals surface area contributed by atoms with E-state index < -0.39 is 0 Å². The van der Waals surface area contributed by atoms with Crippen LogP contribution < -0.4 is 10.6 Å². The van der Waals surface area contributed by atoms with Crippen molar-refractivity contribution in [2.45, 2.75) is 19.8 Å². The lowest BCUT2D eigenvalue weighted by Crippen LogP contribution is -2.38. The van der Waals surface area contributed by atoms with Crippen molar-refractivity contribution in [1.82, 2.24) is 10.6 Å². The first-order valence-corrected chi connectivity index (χ1v) is 6.33. The summed E-state index contributed by atoms with van der Waals surface area (Å²) in [6.45, 7) is 6.39. The summed E-state index contributed by atoms with van der Waals surface area (Å²) in [5.41, 5.74) is 0. The van der Waals surface area contributed by atoms with Crippen molar-refractivity contribution >= 4 is 5.91 Å². The molecule has 2 aliphatic rings. The van der Waals surface area contributed by atoms with Crippen LogP contribution in [-0.2, 0) is 9.53 Å². The zero-order valence-electron chi connectivity index (χ0n) is 10.00. The Morgan fingerprint density at radius 1 is 1.50 bits per heavy atom. The van der Waals surface area contributed by atoms with Gasteiger partial charge in [0.1, 0.15) is 0 Å². The molecule has 3 atom stereocenters. The van der Waals surface area contributed by atoms with Gasteiger partial charge in [0.15, 0.2) is 0 Å². The molecule has 0 aromatic heterocycles. The molecule has 0 saturated carbocycles. The zero-order valence-corrected chi connectivity index (χ0v) is 10.00. The van der Waals surface area contributed by atoms with Gasteiger partial charge in [-0.15, -0.1) is 0 Å². The van der Waals surface area contributed by atoms with Crippen molar-refractivity contribution in [2.75, 3.05) is 32.8 Å². The first kappa shape index (κ1) is 11.9. The molecule has 1 amide bonds. The fourth-order valence-corrected chi connectivity index (χ4v) is 2.51. The molecule has 0 spiro atoms. The highest BCUT2D eigenvalue weighted by Gasteiger charge is 2.29. The maximum atomic E-state index is 11.9. The van der Waals surface area contributed by atoms with Crippen molar-refractivity contribution in [3.8, 4) is 0 Å². The second-order valence-electron chi connectivity index (χ2n) is 5.07. The molecule has 2 N–H and O–H groups in total. The molecule has 0 aromatic rings. The Labute approximate surface area is 97.1 Å². The predicted molar refractivity (Wildman–Crippen MR) is 62.1 cm³/mol. The normalized spacial score (nSPS) is 34.9. The molecule has 0 radical (unpaired) electrons. The van der Waals surface area contributed by atoms with Crippen molar-refractivity contribution in [2.24, 2.45) is 17.8 Å². The van der Waals surface area contributed by atoms with Gasteiger partial charge in [-0.05, 0) is 31.2 Å². The molecule has 2 fully saturated rings. The third-order valence-electron chi connectivity index (χ3n) is 3.67. The number of hydrogen-bond donors (Lipinski definition) is 2. The first-order valence-electron chi connectivity index (χ1n) is 6.33. The Hall–Kier alpha value is -0.610. The van der Waals surface area contributed by atoms with E-state index in [4.69, 9.17) is 4.74 Å². The first-order chi connectivity index (χ1) is 7.77. The molecular weight excluding hydrogens is 204 g/mol. The van der Waals surface area contributed by atoms with Crippen molar-refractivity contribution in [3.63, 3.8) is 0 Å². The van der Waals surface area contributed by atoms with Gasteiger partial charge in [-0.2, -0.15) is 0 Å². The molecule has 92 valence electrons. The summed E-state index contributed by atoms with van der Waals surface area (Å²) in [5, 5.41) is 6.32. The van der Waals surface area contributed by atoms with E-state index in [1.54, 1.807) is 0 Å². The Balaban J connectivity index is 1.70. The number of hydrogen-bond acceptors (Lipinski definition) is 3. The molecule has 0 bridgehead atoms. The number of amides is 1. The minimum absolute atomic E-state index is 0.157. The summed E-state index contributed by atoms with van der Waals surface area (Å²) >= 11 is 0. The second-order valence-corrected chi connectivity index (χ2v) is 5.07. The van der Waals surface area contributed by atoms with E-state index in [0.717, 1.165) is 39.3 Å². The topological polar surface area (TPSA) is 50.4 Å². The van der Waals surface area contributed by atoms with E-state index in [1.165, 1.54) is 6.42 Å². The van der Waals surface area contributed by atoms with Crippen LogP contribution >= 0.6 is 0 Å². The van der Waals surface area contributed by atoms with Crippen molar-refractivity contribution in [1.29, 1.82) is 0 Å². The van der Waals surface area contributed by atoms with Crippen LogP contribution in [0.5, 0.6) is 0 Å². The third-order valence-corrected chi connectivity index (χ3v) is 3.67. The quantitative estimate of drug-likeness (QED) is 0.731. The van der Waals surface area contributed by atoms with Crippen LogP contribution in [0.15, 0.2) is 0 Å². The minimum Gasteiger partial charge on any atom is -0.381 e. The van der Waals surface area contributed by atoms with Gasteiger partial charge in [-0.1, -0.05) is 6.92 Å². The highest BCUT2D eigenvalue weighted by Crippen LogP contribution is 2.17. The molecule has 2 heterocycles. The average molecular weight is 226 g/mol. The number of rotatable bonds is 3. The maximum absolute atomic E-state index is 11.9. The SMILES string of the molecule is CC1CNCC1C(=O)NCC1CCCOC1. The van der Waals surface area contributed by atoms with Crippen LogP contribution in [-0.4, -0.2) is 38.8 Å². The average Bonchev–Trinajstić information content (AvgIpc) is 2.74. The standard InChI is InChI=1S/C12H22N2O2/c1-9-5-13-7-11(9)12(15)14-6-10-3-2-4-16-8-10/h9-11,13H,2-8H2,1H3,(H,14,15). The van der Waals surface area contributed by atoms with Crippen molar-refractivity contribution < 1.29 is 9.53 Å². The van der Waals surface area contributed by atoms with E-state index >= 15 is 0 Å². The molecule has 2 saturated heterocycles. The summed E-state index contributed by atoms with van der Waals surface area (Å²) in [5.74, 6) is 1.34. The smallest absolute Gasteiger partial charge is 0.224 e. The molecule has 4 heteroatoms. The van der Waals surface area contributed by atoms with Gasteiger partial charge in [0.05, 0.1) is 12.5 Å². The largest absolute Gasteiger partial charge is 0.381 e. The number of ether oxygens (including phenoxy) is 1. The van der Waals surface area contributed by atoms with E-state index in [1.807, 2.05) is 0 Å². The Morgan fingerprint density at radius 3 is 3.00 bits per heavy atom. The van der Waals surface area contributed by atoms with Gasteiger partial charge in [0, 0.05) is 19.7 Å². The van der Waals surface area contributed by atoms with Crippen LogP contribution in [0.3, 0.4) is 0 Å². The Morgan fingerprint density at radius 2 is 2.38 bits per heavy atom. The second kappa shape index (κ2) is 5.64. The fourth-order valence-electron chi connectivity index (χ4n) is 2.51. The van der Waals surface area contributed by atoms with Gasteiger partial charge in [-0.3, -0.25) is 4.79 Å². The highest BCUT2D eigenvalue weighted by molar-refractivity contribution is 5.79. The highest BCUT2D eigenvalue weighted by atomic mass is 16.5. The number of carbonyl (C=O) groups is 1. The molecule has 0 aliphatic carbocycles. The van der Waals surface area contributed by atoms with E-state index in [-0.39, 0.29) is 11.8 Å². The van der Waals surface area contributed by atoms with Crippen molar-refractivity contribution in [3.05, 3.63) is 0 Å². The lowest BCUT2D eigenvalue weighted by Gasteiger charge is -2.23. The van der Waals surface area contributed by atoms with Crippen LogP contribution in [0.4, 0.5) is 0 Å². The van der Waals surface area contributed by atoms with Gasteiger partial charge >= 0.3 is 0 Å². The Kier molecular flexibility index (Phi) is 4.18. The van der Waals surface area contributed by atoms with Crippen LogP contribution in [0.25, 0.3) is 0 Å². The van der Waals surface area contributed by atoms with E-state index in [2.05, 4.69) is 17.6 Å². The summed E-state index contributed by atoms with van der Waals surface area (Å²) < 4.78 is 5.40. The monoisotopic (exact) mass is 226 g/mol. The number of carbonyl (C=O) groups excluding carboxylic acids is 1. The van der Waals surface area contributed by atoms with Gasteiger partial charge in [0.2, 0.25) is 5.91 Å². The minimum atomic E-state index is 0.157. The van der Waals surface area contributed by atoms with Crippen LogP contribution in [0.1, 0.15) is 19.8 Å². The lowest BCUT2D eigenvalue weighted by atomic mass is 9.96. The molecule has 4 nitrogen and oxygen atoms in total. The number of nitrogens with one attached hydrogen (secondary N) is 2. The van der Waals surface area contributed by atoms with Gasteiger partial charge < -0.3 is 15.4 Å². The molecule has 3 unspecified atom stereocenters. The Bertz CT molecular complexity index is 239. The summed E-state index contributed by atoms with van der Waals surface area (Å²) in [7, 11) is 0. The summed E-state index contributed by atoms with van der Waals surface area (Å²) in [6, 6.07) is 0. The summed E-state index contributed by atoms with van der Waals surface area (Å²) in [6.07, 6.45) is 2.31. The van der Waals surface area contributed by atoms with Gasteiger partial charge in [0.25, 0.3) is 0 Å². The van der Waals surface area contributed by atoms with E-state index in [0.29, 0.717) is 11.8 Å². The van der Waals surface area contributed by atoms with Crippen LogP contribution in [0, 0.1) is 17.8 Å². The third kappa shape index (κ3) is 2.95. The maximum Gasteiger partial charge on any atom is 0.224 e. The van der Waals surface area contributed by atoms with Crippen LogP contribution in [0.2, 0.25) is 0 Å².